The van der Waals surface area contributed by atoms with Gasteiger partial charge in [-0.2, -0.15) is 0 Å². The van der Waals surface area contributed by atoms with Crippen molar-refractivity contribution in [3.63, 3.8) is 0 Å². The lowest BCUT2D eigenvalue weighted by Crippen LogP contribution is -2.36. The normalized spacial score (nSPS) is 15.0. The molecule has 0 bridgehead atoms. The summed E-state index contributed by atoms with van der Waals surface area (Å²) in [4.78, 5) is 0. The zero-order valence-electron chi connectivity index (χ0n) is 11.0. The summed E-state index contributed by atoms with van der Waals surface area (Å²) in [7, 11) is 0. The molecule has 0 saturated carbocycles. The summed E-state index contributed by atoms with van der Waals surface area (Å²) in [6.07, 6.45) is 8.77. The van der Waals surface area contributed by atoms with E-state index in [2.05, 4.69) is 6.92 Å². The highest BCUT2D eigenvalue weighted by molar-refractivity contribution is 4.60. The van der Waals surface area contributed by atoms with E-state index in [9.17, 15) is 5.11 Å². The van der Waals surface area contributed by atoms with E-state index in [4.69, 9.17) is 10.5 Å². The molecule has 3 N–H and O–H groups in total. The van der Waals surface area contributed by atoms with Crippen molar-refractivity contribution in [2.45, 2.75) is 77.5 Å². The molecular weight excluding hydrogens is 202 g/mol. The molecular formula is C13H29NO2. The molecule has 98 valence electrons. The second-order valence-electron chi connectivity index (χ2n) is 4.45. The average molecular weight is 231 g/mol. The summed E-state index contributed by atoms with van der Waals surface area (Å²) < 4.78 is 5.25. The summed E-state index contributed by atoms with van der Waals surface area (Å²) in [5.74, 6) is 0. The second-order valence-corrected chi connectivity index (χ2v) is 4.45. The highest BCUT2D eigenvalue weighted by Gasteiger charge is 2.11. The van der Waals surface area contributed by atoms with Gasteiger partial charge in [0.1, 0.15) is 0 Å². The van der Waals surface area contributed by atoms with Gasteiger partial charge in [0.2, 0.25) is 0 Å². The van der Waals surface area contributed by atoms with Gasteiger partial charge in [-0.15, -0.1) is 0 Å². The average Bonchev–Trinajstić information content (AvgIpc) is 2.31. The molecule has 2 atom stereocenters. The summed E-state index contributed by atoms with van der Waals surface area (Å²) in [5, 5.41) is 9.44. The molecule has 0 aromatic carbocycles. The summed E-state index contributed by atoms with van der Waals surface area (Å²) in [6, 6.07) is -0.246. The molecule has 0 aromatic rings. The number of hydrogen-bond acceptors (Lipinski definition) is 3. The van der Waals surface area contributed by atoms with Crippen LogP contribution in [-0.2, 0) is 4.74 Å². The molecule has 16 heavy (non-hydrogen) atoms. The van der Waals surface area contributed by atoms with Gasteiger partial charge in [0.25, 0.3) is 0 Å². The third-order valence-electron chi connectivity index (χ3n) is 2.87. The molecule has 0 heterocycles. The van der Waals surface area contributed by atoms with Crippen LogP contribution in [0.1, 0.15) is 65.2 Å². The molecule has 0 aliphatic heterocycles. The van der Waals surface area contributed by atoms with Crippen molar-refractivity contribution in [1.29, 1.82) is 0 Å². The quantitative estimate of drug-likeness (QED) is 0.424. The minimum atomic E-state index is -0.787. The van der Waals surface area contributed by atoms with Crippen molar-refractivity contribution < 1.29 is 9.84 Å². The molecule has 0 rings (SSSR count). The number of nitrogens with two attached hydrogens (primary N) is 1. The minimum Gasteiger partial charge on any atom is -0.367 e. The Hall–Kier alpha value is -0.120. The van der Waals surface area contributed by atoms with Gasteiger partial charge in [-0.1, -0.05) is 52.4 Å². The zero-order chi connectivity index (χ0) is 12.2. The SMILES string of the molecule is CCCCCCCCCOC(O)[C@@H](N)CC. The molecule has 0 spiro atoms. The second kappa shape index (κ2) is 11.4. The fourth-order valence-corrected chi connectivity index (χ4v) is 1.59. The fraction of sp³-hybridized carbons (Fsp3) is 1.00. The van der Waals surface area contributed by atoms with Gasteiger partial charge < -0.3 is 15.6 Å². The maximum atomic E-state index is 9.44. The number of rotatable bonds is 11. The Bertz CT molecular complexity index is 142. The lowest BCUT2D eigenvalue weighted by atomic mass is 10.1. The summed E-state index contributed by atoms with van der Waals surface area (Å²) in [6.45, 7) is 4.81. The van der Waals surface area contributed by atoms with Crippen LogP contribution >= 0.6 is 0 Å². The van der Waals surface area contributed by atoms with Crippen molar-refractivity contribution in [3.05, 3.63) is 0 Å². The van der Waals surface area contributed by atoms with E-state index in [-0.39, 0.29) is 6.04 Å². The van der Waals surface area contributed by atoms with Crippen LogP contribution < -0.4 is 5.73 Å². The largest absolute Gasteiger partial charge is 0.367 e. The first kappa shape index (κ1) is 15.9. The third kappa shape index (κ3) is 9.13. The van der Waals surface area contributed by atoms with Gasteiger partial charge in [0.05, 0.1) is 6.04 Å². The van der Waals surface area contributed by atoms with Crippen molar-refractivity contribution in [2.24, 2.45) is 5.73 Å². The van der Waals surface area contributed by atoms with Crippen molar-refractivity contribution in [3.8, 4) is 0 Å². The van der Waals surface area contributed by atoms with Crippen LogP contribution in [-0.4, -0.2) is 24.0 Å². The topological polar surface area (TPSA) is 55.5 Å². The van der Waals surface area contributed by atoms with Crippen LogP contribution in [0.2, 0.25) is 0 Å². The van der Waals surface area contributed by atoms with E-state index in [1.165, 1.54) is 38.5 Å². The molecule has 0 aromatic heterocycles. The Morgan fingerprint density at radius 2 is 1.56 bits per heavy atom. The molecule has 0 radical (unpaired) electrons. The highest BCUT2D eigenvalue weighted by Crippen LogP contribution is 2.07. The molecule has 0 saturated heterocycles. The molecule has 0 aliphatic carbocycles. The molecule has 0 aliphatic rings. The first-order valence-corrected chi connectivity index (χ1v) is 6.77. The Labute approximate surface area is 100 Å². The maximum Gasteiger partial charge on any atom is 0.169 e. The van der Waals surface area contributed by atoms with Gasteiger partial charge in [-0.05, 0) is 12.8 Å². The minimum absolute atomic E-state index is 0.246. The first-order chi connectivity index (χ1) is 7.72. The van der Waals surface area contributed by atoms with Crippen molar-refractivity contribution in [2.75, 3.05) is 6.61 Å². The fourth-order valence-electron chi connectivity index (χ4n) is 1.59. The molecule has 1 unspecified atom stereocenters. The number of aliphatic hydroxyl groups is 1. The Balaban J connectivity index is 3.14. The number of ether oxygens (including phenoxy) is 1. The lowest BCUT2D eigenvalue weighted by Gasteiger charge is -2.17. The first-order valence-electron chi connectivity index (χ1n) is 6.77. The molecule has 0 fully saturated rings. The lowest BCUT2D eigenvalue weighted by molar-refractivity contribution is -0.114. The van der Waals surface area contributed by atoms with Crippen LogP contribution in [0.15, 0.2) is 0 Å². The van der Waals surface area contributed by atoms with Crippen molar-refractivity contribution >= 4 is 0 Å². The Morgan fingerprint density at radius 3 is 2.12 bits per heavy atom. The third-order valence-corrected chi connectivity index (χ3v) is 2.87. The van der Waals surface area contributed by atoms with Gasteiger partial charge in [-0.3, -0.25) is 0 Å². The van der Waals surface area contributed by atoms with Crippen LogP contribution in [0, 0.1) is 0 Å². The number of hydrogen-bond donors (Lipinski definition) is 2. The summed E-state index contributed by atoms with van der Waals surface area (Å²) >= 11 is 0. The predicted octanol–water partition coefficient (Wildman–Crippen LogP) is 2.81. The van der Waals surface area contributed by atoms with E-state index < -0.39 is 6.29 Å². The van der Waals surface area contributed by atoms with E-state index in [1.807, 2.05) is 6.92 Å². The summed E-state index contributed by atoms with van der Waals surface area (Å²) in [5.41, 5.74) is 5.64. The van der Waals surface area contributed by atoms with Crippen LogP contribution in [0.4, 0.5) is 0 Å². The predicted molar refractivity (Wildman–Crippen MR) is 68.2 cm³/mol. The highest BCUT2D eigenvalue weighted by atomic mass is 16.6. The molecule has 3 nitrogen and oxygen atoms in total. The van der Waals surface area contributed by atoms with E-state index in [0.29, 0.717) is 6.61 Å². The zero-order valence-corrected chi connectivity index (χ0v) is 11.0. The maximum absolute atomic E-state index is 9.44. The smallest absolute Gasteiger partial charge is 0.169 e. The van der Waals surface area contributed by atoms with Gasteiger partial charge in [0.15, 0.2) is 6.29 Å². The van der Waals surface area contributed by atoms with Crippen molar-refractivity contribution in [1.82, 2.24) is 0 Å². The van der Waals surface area contributed by atoms with Crippen LogP contribution in [0.3, 0.4) is 0 Å². The van der Waals surface area contributed by atoms with Gasteiger partial charge in [0, 0.05) is 6.61 Å². The number of aliphatic hydroxyl groups excluding tert-OH is 1. The van der Waals surface area contributed by atoms with E-state index in [1.54, 1.807) is 0 Å². The Morgan fingerprint density at radius 1 is 1.00 bits per heavy atom. The van der Waals surface area contributed by atoms with E-state index >= 15 is 0 Å². The number of unbranched alkanes of at least 4 members (excludes halogenated alkanes) is 6. The van der Waals surface area contributed by atoms with Gasteiger partial charge in [-0.25, -0.2) is 0 Å². The van der Waals surface area contributed by atoms with Crippen LogP contribution in [0.5, 0.6) is 0 Å². The van der Waals surface area contributed by atoms with Crippen LogP contribution in [0.25, 0.3) is 0 Å². The van der Waals surface area contributed by atoms with E-state index in [0.717, 1.165) is 12.8 Å². The molecule has 3 heteroatoms. The monoisotopic (exact) mass is 231 g/mol. The molecule has 0 amide bonds. The standard InChI is InChI=1S/C13H29NO2/c1-3-5-6-7-8-9-10-11-16-13(15)12(14)4-2/h12-13,15H,3-11,14H2,1-2H3/t12-,13?/m0/s1. The van der Waals surface area contributed by atoms with Gasteiger partial charge >= 0.3 is 0 Å². The Kier molecular flexibility index (Phi) is 11.3.